The summed E-state index contributed by atoms with van der Waals surface area (Å²) in [6.07, 6.45) is 3.39. The minimum Gasteiger partial charge on any atom is -0.298 e. The molecular formula is C28H21N3O2. The lowest BCUT2D eigenvalue weighted by molar-refractivity contribution is 0.111. The average molecular weight is 431 g/mol. The van der Waals surface area contributed by atoms with Gasteiger partial charge in [0.1, 0.15) is 6.29 Å². The van der Waals surface area contributed by atoms with Gasteiger partial charge in [-0.2, -0.15) is 0 Å². The molecule has 2 aromatic heterocycles. The van der Waals surface area contributed by atoms with Crippen LogP contribution in [0.3, 0.4) is 0 Å². The molecular weight excluding hydrogens is 410 g/mol. The van der Waals surface area contributed by atoms with Crippen molar-refractivity contribution in [1.82, 2.24) is 14.6 Å². The molecule has 0 spiro atoms. The summed E-state index contributed by atoms with van der Waals surface area (Å²) < 4.78 is 1.68. The molecule has 0 unspecified atom stereocenters. The van der Waals surface area contributed by atoms with Crippen molar-refractivity contribution in [2.45, 2.75) is 13.8 Å². The molecule has 3 aromatic carbocycles. The number of hydrogen-bond donors (Lipinski definition) is 0. The molecule has 5 aromatic rings. The molecule has 0 fully saturated rings. The summed E-state index contributed by atoms with van der Waals surface area (Å²) in [5.74, 6) is 0.288. The molecule has 160 valence electrons. The predicted molar refractivity (Wildman–Crippen MR) is 130 cm³/mol. The molecule has 0 saturated carbocycles. The van der Waals surface area contributed by atoms with E-state index >= 15 is 0 Å². The highest BCUT2D eigenvalue weighted by Gasteiger charge is 2.14. The molecule has 5 rings (SSSR count). The molecule has 0 amide bonds. The number of benzene rings is 3. The van der Waals surface area contributed by atoms with Gasteiger partial charge in [-0.15, -0.1) is 10.2 Å². The van der Waals surface area contributed by atoms with Gasteiger partial charge in [0.05, 0.1) is 0 Å². The Hall–Kier alpha value is -4.38. The molecule has 0 aliphatic carbocycles. The Morgan fingerprint density at radius 3 is 1.88 bits per heavy atom. The van der Waals surface area contributed by atoms with Gasteiger partial charge in [0, 0.05) is 11.8 Å². The lowest BCUT2D eigenvalue weighted by Crippen LogP contribution is -1.95. The molecule has 33 heavy (non-hydrogen) atoms. The number of aldehydes is 2. The quantitative estimate of drug-likeness (QED) is 0.322. The fraction of sp³-hybridized carbons (Fsp3) is 0.0714. The normalized spacial score (nSPS) is 11.0. The first kappa shape index (κ1) is 20.5. The van der Waals surface area contributed by atoms with Gasteiger partial charge in [-0.05, 0) is 70.5 Å². The Balaban J connectivity index is 1.61. The summed E-state index contributed by atoms with van der Waals surface area (Å²) >= 11 is 0. The Labute approximate surface area is 191 Å². The van der Waals surface area contributed by atoms with Crippen molar-refractivity contribution in [1.29, 1.82) is 0 Å². The van der Waals surface area contributed by atoms with Crippen LogP contribution < -0.4 is 0 Å². The molecule has 2 heterocycles. The molecule has 5 nitrogen and oxygen atoms in total. The van der Waals surface area contributed by atoms with Crippen molar-refractivity contribution in [3.63, 3.8) is 0 Å². The van der Waals surface area contributed by atoms with Crippen molar-refractivity contribution >= 4 is 18.2 Å². The van der Waals surface area contributed by atoms with Gasteiger partial charge in [-0.3, -0.25) is 14.0 Å². The van der Waals surface area contributed by atoms with Crippen molar-refractivity contribution in [2.24, 2.45) is 0 Å². The number of nitrogens with zero attached hydrogens (tertiary/aromatic N) is 3. The van der Waals surface area contributed by atoms with Crippen LogP contribution in [-0.4, -0.2) is 27.2 Å². The maximum atomic E-state index is 11.1. The average Bonchev–Trinajstić information content (AvgIpc) is 3.27. The van der Waals surface area contributed by atoms with Crippen molar-refractivity contribution < 1.29 is 9.59 Å². The molecule has 0 saturated heterocycles. The van der Waals surface area contributed by atoms with Crippen LogP contribution in [0.25, 0.3) is 39.0 Å². The molecule has 0 aliphatic heterocycles. The van der Waals surface area contributed by atoms with Crippen molar-refractivity contribution in [3.8, 4) is 33.4 Å². The molecule has 5 heteroatoms. The van der Waals surface area contributed by atoms with Crippen LogP contribution in [0.4, 0.5) is 0 Å². The standard InChI is InChI=1S/C28H21N3O2/c1-18-23(21-11-9-20(16-32)10-12-21)5-3-7-25(18)26-8-4-6-24(19(26)2)22-13-14-31-27(15-22)29-30-28(31)17-33/h3-17H,1-2H3. The van der Waals surface area contributed by atoms with E-state index in [1.54, 1.807) is 4.40 Å². The van der Waals surface area contributed by atoms with Crippen molar-refractivity contribution in [2.75, 3.05) is 0 Å². The molecule has 0 N–H and O–H groups in total. The number of carbonyl (C=O) groups is 2. The Kier molecular flexibility index (Phi) is 5.15. The van der Waals surface area contributed by atoms with E-state index in [0.29, 0.717) is 17.5 Å². The SMILES string of the molecule is Cc1c(-c2ccc(C=O)cc2)cccc1-c1cccc(-c2ccn3c(C=O)nnc3c2)c1C. The highest BCUT2D eigenvalue weighted by Crippen LogP contribution is 2.36. The number of pyridine rings is 1. The molecule has 0 radical (unpaired) electrons. The van der Waals surface area contributed by atoms with Crippen LogP contribution in [0.5, 0.6) is 0 Å². The highest BCUT2D eigenvalue weighted by atomic mass is 16.1. The van der Waals surface area contributed by atoms with E-state index in [9.17, 15) is 9.59 Å². The maximum Gasteiger partial charge on any atom is 0.201 e. The number of fused-ring (bicyclic) bond motifs is 1. The summed E-state index contributed by atoms with van der Waals surface area (Å²) in [6.45, 7) is 4.26. The zero-order valence-electron chi connectivity index (χ0n) is 18.3. The lowest BCUT2D eigenvalue weighted by Gasteiger charge is -2.16. The summed E-state index contributed by atoms with van der Waals surface area (Å²) in [6, 6.07) is 24.2. The van der Waals surface area contributed by atoms with Crippen LogP contribution in [-0.2, 0) is 0 Å². The third kappa shape index (κ3) is 3.53. The van der Waals surface area contributed by atoms with Crippen molar-refractivity contribution in [3.05, 3.63) is 102 Å². The number of hydrogen-bond acceptors (Lipinski definition) is 4. The molecule has 0 atom stereocenters. The predicted octanol–water partition coefficient (Wildman–Crippen LogP) is 5.97. The van der Waals surface area contributed by atoms with E-state index in [1.165, 1.54) is 5.56 Å². The first-order valence-corrected chi connectivity index (χ1v) is 10.7. The Bertz CT molecular complexity index is 1510. The fourth-order valence-electron chi connectivity index (χ4n) is 4.38. The number of aromatic nitrogens is 3. The van der Waals surface area contributed by atoms with E-state index in [0.717, 1.165) is 45.2 Å². The summed E-state index contributed by atoms with van der Waals surface area (Å²) in [7, 11) is 0. The first-order valence-electron chi connectivity index (χ1n) is 10.7. The second-order valence-electron chi connectivity index (χ2n) is 8.02. The van der Waals surface area contributed by atoms with Crippen LogP contribution in [0.15, 0.2) is 79.0 Å². The minimum atomic E-state index is 0.288. The second kappa shape index (κ2) is 8.28. The number of rotatable bonds is 5. The zero-order valence-corrected chi connectivity index (χ0v) is 18.3. The van der Waals surface area contributed by atoms with E-state index in [4.69, 9.17) is 0 Å². The topological polar surface area (TPSA) is 64.3 Å². The minimum absolute atomic E-state index is 0.288. The van der Waals surface area contributed by atoms with Crippen LogP contribution in [0, 0.1) is 13.8 Å². The third-order valence-electron chi connectivity index (χ3n) is 6.17. The Morgan fingerprint density at radius 2 is 1.27 bits per heavy atom. The third-order valence-corrected chi connectivity index (χ3v) is 6.17. The van der Waals surface area contributed by atoms with Crippen LogP contribution in [0.1, 0.15) is 32.1 Å². The monoisotopic (exact) mass is 431 g/mol. The van der Waals surface area contributed by atoms with E-state index in [1.807, 2.05) is 42.6 Å². The largest absolute Gasteiger partial charge is 0.298 e. The summed E-state index contributed by atoms with van der Waals surface area (Å²) in [5.41, 5.74) is 10.3. The fourth-order valence-corrected chi connectivity index (χ4v) is 4.38. The zero-order chi connectivity index (χ0) is 22.9. The molecule has 0 bridgehead atoms. The van der Waals surface area contributed by atoms with E-state index < -0.39 is 0 Å². The van der Waals surface area contributed by atoms with Crippen LogP contribution >= 0.6 is 0 Å². The van der Waals surface area contributed by atoms with Gasteiger partial charge < -0.3 is 0 Å². The maximum absolute atomic E-state index is 11.1. The highest BCUT2D eigenvalue weighted by molar-refractivity contribution is 5.85. The van der Waals surface area contributed by atoms with Gasteiger partial charge in [0.25, 0.3) is 0 Å². The lowest BCUT2D eigenvalue weighted by atomic mass is 9.88. The number of carbonyl (C=O) groups excluding carboxylic acids is 2. The second-order valence-corrected chi connectivity index (χ2v) is 8.02. The van der Waals surface area contributed by atoms with Gasteiger partial charge in [-0.25, -0.2) is 0 Å². The smallest absolute Gasteiger partial charge is 0.201 e. The van der Waals surface area contributed by atoms with Gasteiger partial charge in [-0.1, -0.05) is 60.7 Å². The van der Waals surface area contributed by atoms with Gasteiger partial charge in [0.2, 0.25) is 5.82 Å². The van der Waals surface area contributed by atoms with Gasteiger partial charge in [0.15, 0.2) is 11.9 Å². The van der Waals surface area contributed by atoms with Gasteiger partial charge >= 0.3 is 0 Å². The Morgan fingerprint density at radius 1 is 0.667 bits per heavy atom. The van der Waals surface area contributed by atoms with E-state index in [-0.39, 0.29) is 5.82 Å². The molecule has 0 aliphatic rings. The summed E-state index contributed by atoms with van der Waals surface area (Å²) in [5, 5.41) is 8.04. The van der Waals surface area contributed by atoms with Crippen LogP contribution in [0.2, 0.25) is 0 Å². The first-order chi connectivity index (χ1) is 16.1. The summed E-state index contributed by atoms with van der Waals surface area (Å²) in [4.78, 5) is 22.2. The van der Waals surface area contributed by atoms with E-state index in [2.05, 4.69) is 60.4 Å².